The maximum Gasteiger partial charge on any atom is 0.343 e. The fourth-order valence-electron chi connectivity index (χ4n) is 4.53. The largest absolute Gasteiger partial charge is 0.423 e. The van der Waals surface area contributed by atoms with Crippen molar-refractivity contribution in [3.8, 4) is 11.8 Å². The molecule has 0 saturated heterocycles. The number of carbonyl (C=O) groups is 1. The molecule has 1 fully saturated rings. The van der Waals surface area contributed by atoms with Crippen LogP contribution in [0.1, 0.15) is 98.5 Å². The second-order valence-corrected chi connectivity index (χ2v) is 9.09. The second kappa shape index (κ2) is 11.9. The van der Waals surface area contributed by atoms with Crippen LogP contribution in [0.5, 0.6) is 5.75 Å². The molecule has 3 nitrogen and oxygen atoms in total. The highest BCUT2D eigenvalue weighted by Gasteiger charge is 2.22. The molecule has 1 saturated carbocycles. The third kappa shape index (κ3) is 6.84. The Morgan fingerprint density at radius 2 is 1.74 bits per heavy atom. The van der Waals surface area contributed by atoms with Gasteiger partial charge in [-0.05, 0) is 67.3 Å². The number of benzene rings is 2. The van der Waals surface area contributed by atoms with Crippen LogP contribution in [0.4, 0.5) is 0 Å². The highest BCUT2D eigenvalue weighted by atomic mass is 35.5. The average molecular weight is 438 g/mol. The second-order valence-electron chi connectivity index (χ2n) is 8.69. The maximum absolute atomic E-state index is 12.4. The molecule has 0 aliphatic heterocycles. The standard InChI is InChI=1S/C27H32ClNO2/c1-2-3-4-5-6-7-20-8-10-21(11-9-20)22-12-14-23(15-13-22)27(30)31-25-17-16-24(19-29)26(28)18-25/h12-18,20-21H,2-11H2,1H3. The molecule has 1 aliphatic carbocycles. The Balaban J connectivity index is 1.47. The third-order valence-corrected chi connectivity index (χ3v) is 6.76. The minimum absolute atomic E-state index is 0.278. The Morgan fingerprint density at radius 1 is 1.03 bits per heavy atom. The monoisotopic (exact) mass is 437 g/mol. The van der Waals surface area contributed by atoms with Crippen LogP contribution in [-0.4, -0.2) is 5.97 Å². The van der Waals surface area contributed by atoms with Gasteiger partial charge in [-0.25, -0.2) is 4.79 Å². The first kappa shape index (κ1) is 23.4. The zero-order valence-corrected chi connectivity index (χ0v) is 19.2. The fourth-order valence-corrected chi connectivity index (χ4v) is 4.74. The lowest BCUT2D eigenvalue weighted by atomic mass is 9.77. The van der Waals surface area contributed by atoms with Gasteiger partial charge in [0.25, 0.3) is 0 Å². The number of halogens is 1. The van der Waals surface area contributed by atoms with Crippen LogP contribution >= 0.6 is 11.6 Å². The number of nitriles is 1. The lowest BCUT2D eigenvalue weighted by Gasteiger charge is -2.29. The molecule has 0 unspecified atom stereocenters. The van der Waals surface area contributed by atoms with E-state index in [4.69, 9.17) is 21.6 Å². The summed E-state index contributed by atoms with van der Waals surface area (Å²) >= 11 is 6.01. The van der Waals surface area contributed by atoms with E-state index >= 15 is 0 Å². The first-order valence-electron chi connectivity index (χ1n) is 11.6. The van der Waals surface area contributed by atoms with Crippen LogP contribution in [-0.2, 0) is 0 Å². The maximum atomic E-state index is 12.4. The minimum Gasteiger partial charge on any atom is -0.423 e. The normalized spacial score (nSPS) is 18.4. The molecule has 0 amide bonds. The number of carbonyl (C=O) groups excluding carboxylic acids is 1. The van der Waals surface area contributed by atoms with E-state index in [-0.39, 0.29) is 5.02 Å². The van der Waals surface area contributed by atoms with E-state index in [1.807, 2.05) is 18.2 Å². The summed E-state index contributed by atoms with van der Waals surface area (Å²) in [6, 6.07) is 14.5. The summed E-state index contributed by atoms with van der Waals surface area (Å²) in [5, 5.41) is 9.22. The Kier molecular flexibility index (Phi) is 8.98. The number of ether oxygens (including phenoxy) is 1. The number of rotatable bonds is 9. The summed E-state index contributed by atoms with van der Waals surface area (Å²) in [7, 11) is 0. The molecule has 164 valence electrons. The first-order valence-corrected chi connectivity index (χ1v) is 12.0. The Hall–Kier alpha value is -2.31. The van der Waals surface area contributed by atoms with Gasteiger partial charge in [-0.3, -0.25) is 0 Å². The molecular formula is C27H32ClNO2. The highest BCUT2D eigenvalue weighted by molar-refractivity contribution is 6.31. The molecule has 0 aromatic heterocycles. The van der Waals surface area contributed by atoms with Gasteiger partial charge in [0.15, 0.2) is 0 Å². The van der Waals surface area contributed by atoms with Crippen molar-refractivity contribution >= 4 is 17.6 Å². The predicted molar refractivity (Wildman–Crippen MR) is 126 cm³/mol. The molecule has 2 aromatic rings. The summed E-state index contributed by atoms with van der Waals surface area (Å²) in [6.45, 7) is 2.27. The van der Waals surface area contributed by atoms with E-state index in [0.717, 1.165) is 5.92 Å². The smallest absolute Gasteiger partial charge is 0.343 e. The van der Waals surface area contributed by atoms with Gasteiger partial charge in [0.05, 0.1) is 16.1 Å². The van der Waals surface area contributed by atoms with Crippen LogP contribution in [0.15, 0.2) is 42.5 Å². The van der Waals surface area contributed by atoms with Crippen molar-refractivity contribution in [1.82, 2.24) is 0 Å². The third-order valence-electron chi connectivity index (χ3n) is 6.45. The molecule has 0 heterocycles. The molecule has 0 bridgehead atoms. The summed E-state index contributed by atoms with van der Waals surface area (Å²) in [5.74, 6) is 1.41. The average Bonchev–Trinajstić information content (AvgIpc) is 2.79. The predicted octanol–water partition coefficient (Wildman–Crippen LogP) is 8.07. The SMILES string of the molecule is CCCCCCCC1CCC(c2ccc(C(=O)Oc3ccc(C#N)c(Cl)c3)cc2)CC1. The van der Waals surface area contributed by atoms with Crippen molar-refractivity contribution in [2.24, 2.45) is 5.92 Å². The molecule has 4 heteroatoms. The lowest BCUT2D eigenvalue weighted by molar-refractivity contribution is 0.0734. The molecule has 3 rings (SSSR count). The molecule has 0 atom stereocenters. The number of hydrogen-bond donors (Lipinski definition) is 0. The summed E-state index contributed by atoms with van der Waals surface area (Å²) in [4.78, 5) is 12.4. The van der Waals surface area contributed by atoms with Gasteiger partial charge in [-0.15, -0.1) is 0 Å². The van der Waals surface area contributed by atoms with Gasteiger partial charge in [0.2, 0.25) is 0 Å². The minimum atomic E-state index is -0.417. The number of hydrogen-bond acceptors (Lipinski definition) is 3. The van der Waals surface area contributed by atoms with Gasteiger partial charge in [0, 0.05) is 6.07 Å². The van der Waals surface area contributed by atoms with Crippen molar-refractivity contribution < 1.29 is 9.53 Å². The molecule has 1 aliphatic rings. The molecule has 0 radical (unpaired) electrons. The topological polar surface area (TPSA) is 50.1 Å². The van der Waals surface area contributed by atoms with Gasteiger partial charge in [-0.2, -0.15) is 5.26 Å². The van der Waals surface area contributed by atoms with Gasteiger partial charge in [-0.1, -0.05) is 69.2 Å². The van der Waals surface area contributed by atoms with Crippen LogP contribution in [0.2, 0.25) is 5.02 Å². The zero-order valence-electron chi connectivity index (χ0n) is 18.4. The number of nitrogens with zero attached hydrogens (tertiary/aromatic N) is 1. The van der Waals surface area contributed by atoms with Crippen LogP contribution < -0.4 is 4.74 Å². The van der Waals surface area contributed by atoms with Crippen LogP contribution in [0, 0.1) is 17.2 Å². The van der Waals surface area contributed by atoms with E-state index < -0.39 is 5.97 Å². The van der Waals surface area contributed by atoms with Gasteiger partial charge in [0.1, 0.15) is 11.8 Å². The Morgan fingerprint density at radius 3 is 2.39 bits per heavy atom. The van der Waals surface area contributed by atoms with E-state index in [1.165, 1.54) is 75.8 Å². The summed E-state index contributed by atoms with van der Waals surface area (Å²) in [5.41, 5.74) is 2.20. The summed E-state index contributed by atoms with van der Waals surface area (Å²) in [6.07, 6.45) is 13.4. The first-order chi connectivity index (χ1) is 15.1. The van der Waals surface area contributed by atoms with Crippen molar-refractivity contribution in [3.63, 3.8) is 0 Å². The lowest BCUT2D eigenvalue weighted by Crippen LogP contribution is -2.14. The Bertz CT molecular complexity index is 892. The van der Waals surface area contributed by atoms with E-state index in [1.54, 1.807) is 12.1 Å². The fraction of sp³-hybridized carbons (Fsp3) is 0.481. The molecular weight excluding hydrogens is 406 g/mol. The van der Waals surface area contributed by atoms with E-state index in [2.05, 4.69) is 19.1 Å². The summed E-state index contributed by atoms with van der Waals surface area (Å²) < 4.78 is 5.41. The molecule has 2 aromatic carbocycles. The highest BCUT2D eigenvalue weighted by Crippen LogP contribution is 2.38. The number of esters is 1. The van der Waals surface area contributed by atoms with E-state index in [9.17, 15) is 4.79 Å². The van der Waals surface area contributed by atoms with Crippen molar-refractivity contribution in [3.05, 3.63) is 64.2 Å². The van der Waals surface area contributed by atoms with Crippen molar-refractivity contribution in [2.45, 2.75) is 77.0 Å². The van der Waals surface area contributed by atoms with Gasteiger partial charge < -0.3 is 4.74 Å². The van der Waals surface area contributed by atoms with Crippen LogP contribution in [0.25, 0.3) is 0 Å². The quantitative estimate of drug-likeness (QED) is 0.226. The molecule has 31 heavy (non-hydrogen) atoms. The van der Waals surface area contributed by atoms with Crippen molar-refractivity contribution in [2.75, 3.05) is 0 Å². The van der Waals surface area contributed by atoms with Crippen molar-refractivity contribution in [1.29, 1.82) is 5.26 Å². The molecule has 0 N–H and O–H groups in total. The zero-order chi connectivity index (χ0) is 22.1. The van der Waals surface area contributed by atoms with Gasteiger partial charge >= 0.3 is 5.97 Å². The molecule has 0 spiro atoms. The Labute approximate surface area is 191 Å². The number of unbranched alkanes of at least 4 members (excludes halogenated alkanes) is 4. The van der Waals surface area contributed by atoms with E-state index in [0.29, 0.717) is 22.8 Å². The van der Waals surface area contributed by atoms with Crippen LogP contribution in [0.3, 0.4) is 0 Å².